The highest BCUT2D eigenvalue weighted by Crippen LogP contribution is 2.07. The lowest BCUT2D eigenvalue weighted by atomic mass is 10.2. The highest BCUT2D eigenvalue weighted by molar-refractivity contribution is 6.29. The Labute approximate surface area is 84.7 Å². The second kappa shape index (κ2) is 6.22. The van der Waals surface area contributed by atoms with Gasteiger partial charge in [0.05, 0.1) is 0 Å². The molecule has 0 aromatic heterocycles. The van der Waals surface area contributed by atoms with Gasteiger partial charge >= 0.3 is 5.97 Å². The first kappa shape index (κ1) is 12.7. The Morgan fingerprint density at radius 3 is 2.38 bits per heavy atom. The molecule has 0 heterocycles. The van der Waals surface area contributed by atoms with Crippen LogP contribution < -0.4 is 0 Å². The summed E-state index contributed by atoms with van der Waals surface area (Å²) in [6.45, 7) is 7.43. The molecule has 0 aromatic carbocycles. The minimum atomic E-state index is -0.941. The topological polar surface area (TPSA) is 40.5 Å². The molecule has 13 heavy (non-hydrogen) atoms. The molecule has 0 radical (unpaired) electrons. The Kier molecular flexibility index (Phi) is 6.08. The Morgan fingerprint density at radius 1 is 1.54 bits per heavy atom. The highest BCUT2D eigenvalue weighted by atomic mass is 35.5. The van der Waals surface area contributed by atoms with Crippen LogP contribution >= 0.6 is 11.6 Å². The number of halogens is 1. The molecular weight excluding hydrogens is 190 g/mol. The van der Waals surface area contributed by atoms with E-state index in [0.29, 0.717) is 12.6 Å². The molecular formula is C9H18ClNO2. The van der Waals surface area contributed by atoms with Crippen LogP contribution in [0.5, 0.6) is 0 Å². The van der Waals surface area contributed by atoms with Crippen LogP contribution in [-0.2, 0) is 4.79 Å². The molecule has 0 aromatic rings. The third-order valence-corrected chi connectivity index (χ3v) is 2.61. The van der Waals surface area contributed by atoms with E-state index in [9.17, 15) is 4.79 Å². The molecule has 0 bridgehead atoms. The van der Waals surface area contributed by atoms with Crippen LogP contribution in [0.3, 0.4) is 0 Å². The summed E-state index contributed by atoms with van der Waals surface area (Å²) in [7, 11) is 0. The van der Waals surface area contributed by atoms with Gasteiger partial charge in [-0.1, -0.05) is 13.8 Å². The predicted octanol–water partition coefficient (Wildman–Crippen LogP) is 1.80. The van der Waals surface area contributed by atoms with E-state index in [2.05, 4.69) is 18.7 Å². The molecule has 0 fully saturated rings. The maximum absolute atomic E-state index is 10.5. The lowest BCUT2D eigenvalue weighted by Gasteiger charge is -2.27. The molecule has 0 spiro atoms. The van der Waals surface area contributed by atoms with Crippen LogP contribution in [0.1, 0.15) is 27.2 Å². The van der Waals surface area contributed by atoms with Crippen LogP contribution in [0.2, 0.25) is 0 Å². The molecule has 0 aliphatic heterocycles. The molecule has 78 valence electrons. The summed E-state index contributed by atoms with van der Waals surface area (Å²) in [5.74, 6) is -0.941. The summed E-state index contributed by atoms with van der Waals surface area (Å²) in [5.41, 5.74) is 0. The van der Waals surface area contributed by atoms with E-state index < -0.39 is 11.3 Å². The van der Waals surface area contributed by atoms with Crippen molar-refractivity contribution in [3.8, 4) is 0 Å². The average molecular weight is 208 g/mol. The second-order valence-electron chi connectivity index (χ2n) is 3.15. The van der Waals surface area contributed by atoms with E-state index in [4.69, 9.17) is 16.7 Å². The zero-order valence-corrected chi connectivity index (χ0v) is 9.21. The van der Waals surface area contributed by atoms with E-state index in [-0.39, 0.29) is 0 Å². The van der Waals surface area contributed by atoms with Crippen LogP contribution in [0.4, 0.5) is 0 Å². The highest BCUT2D eigenvalue weighted by Gasteiger charge is 2.19. The molecule has 0 amide bonds. The Hall–Kier alpha value is -0.280. The smallest absolute Gasteiger partial charge is 0.322 e. The van der Waals surface area contributed by atoms with Crippen molar-refractivity contribution in [2.24, 2.45) is 0 Å². The third kappa shape index (κ3) is 4.48. The molecule has 3 nitrogen and oxygen atoms in total. The first-order valence-corrected chi connectivity index (χ1v) is 5.07. The molecule has 0 aliphatic carbocycles. The third-order valence-electron chi connectivity index (χ3n) is 2.28. The Morgan fingerprint density at radius 2 is 2.08 bits per heavy atom. The minimum absolute atomic E-state index is 0.394. The van der Waals surface area contributed by atoms with E-state index in [1.54, 1.807) is 0 Å². The Balaban J connectivity index is 4.04. The molecule has 0 saturated carbocycles. The van der Waals surface area contributed by atoms with Crippen molar-refractivity contribution in [3.05, 3.63) is 0 Å². The normalized spacial score (nSPS) is 15.8. The summed E-state index contributed by atoms with van der Waals surface area (Å²) in [5, 5.41) is 7.83. The molecule has 0 aliphatic rings. The SMILES string of the molecule is CCC(C)N(CC)CC(Cl)C(=O)O. The number of rotatable bonds is 6. The van der Waals surface area contributed by atoms with Gasteiger partial charge in [-0.25, -0.2) is 0 Å². The first-order chi connectivity index (χ1) is 6.02. The van der Waals surface area contributed by atoms with Crippen molar-refractivity contribution in [2.45, 2.75) is 38.6 Å². The van der Waals surface area contributed by atoms with Crippen LogP contribution in [-0.4, -0.2) is 40.5 Å². The number of hydrogen-bond donors (Lipinski definition) is 1. The summed E-state index contributed by atoms with van der Waals surface area (Å²) >= 11 is 5.65. The lowest BCUT2D eigenvalue weighted by molar-refractivity contribution is -0.137. The fourth-order valence-corrected chi connectivity index (χ4v) is 1.34. The summed E-state index contributed by atoms with van der Waals surface area (Å²) in [4.78, 5) is 12.6. The van der Waals surface area contributed by atoms with Crippen molar-refractivity contribution in [1.29, 1.82) is 0 Å². The molecule has 2 atom stereocenters. The number of aliphatic carboxylic acids is 1. The number of carboxylic acids is 1. The van der Waals surface area contributed by atoms with E-state index in [0.717, 1.165) is 13.0 Å². The first-order valence-electron chi connectivity index (χ1n) is 4.63. The maximum Gasteiger partial charge on any atom is 0.322 e. The van der Waals surface area contributed by atoms with E-state index >= 15 is 0 Å². The molecule has 2 unspecified atom stereocenters. The van der Waals surface area contributed by atoms with E-state index in [1.807, 2.05) is 6.92 Å². The van der Waals surface area contributed by atoms with Gasteiger partial charge in [0.25, 0.3) is 0 Å². The van der Waals surface area contributed by atoms with E-state index in [1.165, 1.54) is 0 Å². The fourth-order valence-electron chi connectivity index (χ4n) is 1.16. The maximum atomic E-state index is 10.5. The standard InChI is InChI=1S/C9H18ClNO2/c1-4-7(3)11(5-2)6-8(10)9(12)13/h7-8H,4-6H2,1-3H3,(H,12,13). The molecule has 0 saturated heterocycles. The number of hydrogen-bond acceptors (Lipinski definition) is 2. The van der Waals surface area contributed by atoms with Crippen LogP contribution in [0.15, 0.2) is 0 Å². The summed E-state index contributed by atoms with van der Waals surface area (Å²) < 4.78 is 0. The lowest BCUT2D eigenvalue weighted by Crippen LogP contribution is -2.39. The summed E-state index contributed by atoms with van der Waals surface area (Å²) in [6, 6.07) is 0.394. The van der Waals surface area contributed by atoms with Crippen molar-refractivity contribution in [1.82, 2.24) is 4.90 Å². The zero-order valence-electron chi connectivity index (χ0n) is 8.46. The van der Waals surface area contributed by atoms with Gasteiger partial charge in [0, 0.05) is 12.6 Å². The average Bonchev–Trinajstić information content (AvgIpc) is 2.12. The minimum Gasteiger partial charge on any atom is -0.480 e. The van der Waals surface area contributed by atoms with Crippen molar-refractivity contribution in [3.63, 3.8) is 0 Å². The quantitative estimate of drug-likeness (QED) is 0.676. The second-order valence-corrected chi connectivity index (χ2v) is 3.68. The fraction of sp³-hybridized carbons (Fsp3) is 0.889. The van der Waals surface area contributed by atoms with Crippen molar-refractivity contribution in [2.75, 3.05) is 13.1 Å². The number of alkyl halides is 1. The number of carbonyl (C=O) groups is 1. The molecule has 0 rings (SSSR count). The Bertz CT molecular complexity index is 164. The largest absolute Gasteiger partial charge is 0.480 e. The predicted molar refractivity (Wildman–Crippen MR) is 54.3 cm³/mol. The zero-order chi connectivity index (χ0) is 10.4. The van der Waals surface area contributed by atoms with Crippen molar-refractivity contribution >= 4 is 17.6 Å². The number of nitrogens with zero attached hydrogens (tertiary/aromatic N) is 1. The molecule has 1 N–H and O–H groups in total. The number of carboxylic acid groups (broad SMARTS) is 1. The van der Waals surface area contributed by atoms with Gasteiger partial charge in [0.2, 0.25) is 0 Å². The van der Waals surface area contributed by atoms with Gasteiger partial charge < -0.3 is 5.11 Å². The van der Waals surface area contributed by atoms with Crippen LogP contribution in [0, 0.1) is 0 Å². The van der Waals surface area contributed by atoms with Crippen LogP contribution in [0.25, 0.3) is 0 Å². The van der Waals surface area contributed by atoms with Crippen molar-refractivity contribution < 1.29 is 9.90 Å². The monoisotopic (exact) mass is 207 g/mol. The van der Waals surface area contributed by atoms with Gasteiger partial charge in [-0.05, 0) is 19.9 Å². The summed E-state index contributed by atoms with van der Waals surface area (Å²) in [6.07, 6.45) is 1.01. The molecule has 4 heteroatoms. The van der Waals surface area contributed by atoms with Gasteiger partial charge in [-0.3, -0.25) is 9.69 Å². The van der Waals surface area contributed by atoms with Gasteiger partial charge in [0.1, 0.15) is 5.38 Å². The van der Waals surface area contributed by atoms with Gasteiger partial charge in [-0.2, -0.15) is 0 Å². The van der Waals surface area contributed by atoms with Gasteiger partial charge in [0.15, 0.2) is 0 Å². The van der Waals surface area contributed by atoms with Gasteiger partial charge in [-0.15, -0.1) is 11.6 Å².